The molecule has 0 spiro atoms. The second-order valence-corrected chi connectivity index (χ2v) is 8.34. The highest BCUT2D eigenvalue weighted by Crippen LogP contribution is 2.33. The molecule has 1 amide bonds. The van der Waals surface area contributed by atoms with E-state index < -0.39 is 0 Å². The van der Waals surface area contributed by atoms with E-state index in [1.807, 2.05) is 25.1 Å². The number of hydrogen-bond acceptors (Lipinski definition) is 4. The van der Waals surface area contributed by atoms with Crippen LogP contribution >= 0.6 is 11.6 Å². The van der Waals surface area contributed by atoms with Gasteiger partial charge in [-0.1, -0.05) is 30.9 Å². The highest BCUT2D eigenvalue weighted by Gasteiger charge is 2.19. The number of amides is 1. The molecule has 152 valence electrons. The summed E-state index contributed by atoms with van der Waals surface area (Å²) in [6.45, 7) is 5.66. The van der Waals surface area contributed by atoms with E-state index in [0.717, 1.165) is 42.7 Å². The van der Waals surface area contributed by atoms with Crippen molar-refractivity contribution in [2.24, 2.45) is 11.7 Å². The zero-order valence-corrected chi connectivity index (χ0v) is 17.6. The van der Waals surface area contributed by atoms with Crippen LogP contribution in [0.15, 0.2) is 24.3 Å². The summed E-state index contributed by atoms with van der Waals surface area (Å²) in [5.41, 5.74) is 7.44. The van der Waals surface area contributed by atoms with E-state index in [9.17, 15) is 4.79 Å². The third-order valence-electron chi connectivity index (χ3n) is 5.48. The minimum Gasteiger partial charge on any atom is -0.355 e. The zero-order chi connectivity index (χ0) is 20.1. The fourth-order valence-electron chi connectivity index (χ4n) is 4.05. The molecule has 0 radical (unpaired) electrons. The summed E-state index contributed by atoms with van der Waals surface area (Å²) in [4.78, 5) is 19.5. The number of anilines is 2. The lowest BCUT2D eigenvalue weighted by atomic mass is 9.87. The molecule has 1 heterocycles. The molecule has 0 aliphatic heterocycles. The molecule has 0 saturated heterocycles. The average molecular weight is 403 g/mol. The number of likely N-dealkylation sites (N-methyl/N-ethyl adjacent to an activating group) is 1. The number of nitrogens with two attached hydrogens (primary N) is 1. The van der Waals surface area contributed by atoms with E-state index in [0.29, 0.717) is 23.0 Å². The predicted octanol–water partition coefficient (Wildman–Crippen LogP) is 4.97. The first kappa shape index (κ1) is 20.9. The molecule has 3 rings (SSSR count). The maximum atomic E-state index is 12.6. The van der Waals surface area contributed by atoms with Gasteiger partial charge in [-0.2, -0.15) is 0 Å². The minimum atomic E-state index is 0.0394. The Bertz CT molecular complexity index is 818. The highest BCUT2D eigenvalue weighted by atomic mass is 35.5. The van der Waals surface area contributed by atoms with Crippen LogP contribution in [-0.2, 0) is 4.79 Å². The van der Waals surface area contributed by atoms with Crippen molar-refractivity contribution in [1.82, 2.24) is 4.98 Å². The summed E-state index contributed by atoms with van der Waals surface area (Å²) >= 11 is 6.42. The van der Waals surface area contributed by atoms with Gasteiger partial charge < -0.3 is 16.0 Å². The topological polar surface area (TPSA) is 71.2 Å². The summed E-state index contributed by atoms with van der Waals surface area (Å²) in [5.74, 6) is 1.41. The van der Waals surface area contributed by atoms with E-state index in [2.05, 4.69) is 17.1 Å². The Morgan fingerprint density at radius 3 is 2.71 bits per heavy atom. The van der Waals surface area contributed by atoms with Crippen LogP contribution in [0.4, 0.5) is 11.5 Å². The number of nitrogens with one attached hydrogen (secondary N) is 1. The van der Waals surface area contributed by atoms with E-state index in [4.69, 9.17) is 22.3 Å². The van der Waals surface area contributed by atoms with Crippen molar-refractivity contribution in [3.8, 4) is 0 Å². The monoisotopic (exact) mass is 402 g/mol. The molecule has 28 heavy (non-hydrogen) atoms. The SMILES string of the molecule is CCN(CC(C)N)c1ccc2c(NC(=O)CC3CCCCC3)c(Cl)ccc2n1. The van der Waals surface area contributed by atoms with Crippen LogP contribution in [-0.4, -0.2) is 30.0 Å². The third kappa shape index (κ3) is 5.15. The van der Waals surface area contributed by atoms with Gasteiger partial charge in [0, 0.05) is 30.9 Å². The summed E-state index contributed by atoms with van der Waals surface area (Å²) in [5, 5.41) is 4.46. The van der Waals surface area contributed by atoms with Gasteiger partial charge in [-0.15, -0.1) is 0 Å². The number of hydrogen-bond donors (Lipinski definition) is 2. The number of carbonyl (C=O) groups is 1. The molecule has 1 saturated carbocycles. The number of aromatic nitrogens is 1. The highest BCUT2D eigenvalue weighted by molar-refractivity contribution is 6.35. The van der Waals surface area contributed by atoms with Crippen molar-refractivity contribution in [3.05, 3.63) is 29.3 Å². The number of halogens is 1. The zero-order valence-electron chi connectivity index (χ0n) is 16.9. The minimum absolute atomic E-state index is 0.0394. The Balaban J connectivity index is 1.81. The number of nitrogens with zero attached hydrogens (tertiary/aromatic N) is 2. The molecule has 5 nitrogen and oxygen atoms in total. The fourth-order valence-corrected chi connectivity index (χ4v) is 4.26. The third-order valence-corrected chi connectivity index (χ3v) is 5.80. The quantitative estimate of drug-likeness (QED) is 0.685. The normalized spacial score (nSPS) is 16.1. The molecule has 1 aliphatic carbocycles. The van der Waals surface area contributed by atoms with Gasteiger partial charge in [0.15, 0.2) is 0 Å². The molecular weight excluding hydrogens is 372 g/mol. The van der Waals surface area contributed by atoms with Crippen LogP contribution in [0.5, 0.6) is 0 Å². The molecule has 1 aromatic heterocycles. The van der Waals surface area contributed by atoms with Gasteiger partial charge in [0.2, 0.25) is 5.91 Å². The smallest absolute Gasteiger partial charge is 0.224 e. The molecule has 0 bridgehead atoms. The average Bonchev–Trinajstić information content (AvgIpc) is 2.68. The molecular formula is C22H31ClN4O. The molecule has 2 aromatic rings. The van der Waals surface area contributed by atoms with Crippen LogP contribution < -0.4 is 16.0 Å². The number of rotatable bonds is 7. The maximum absolute atomic E-state index is 12.6. The molecule has 1 fully saturated rings. The van der Waals surface area contributed by atoms with Crippen molar-refractivity contribution in [1.29, 1.82) is 0 Å². The Kier molecular flexibility index (Phi) is 7.13. The largest absolute Gasteiger partial charge is 0.355 e. The molecule has 1 atom stereocenters. The summed E-state index contributed by atoms with van der Waals surface area (Å²) in [7, 11) is 0. The Morgan fingerprint density at radius 1 is 1.29 bits per heavy atom. The van der Waals surface area contributed by atoms with Crippen molar-refractivity contribution >= 4 is 39.9 Å². The Morgan fingerprint density at radius 2 is 2.04 bits per heavy atom. The number of carbonyl (C=O) groups excluding carboxylic acids is 1. The molecule has 1 unspecified atom stereocenters. The molecule has 1 aliphatic rings. The first-order valence-corrected chi connectivity index (χ1v) is 10.8. The molecule has 1 aromatic carbocycles. The second-order valence-electron chi connectivity index (χ2n) is 7.93. The van der Waals surface area contributed by atoms with Gasteiger partial charge >= 0.3 is 0 Å². The second kappa shape index (κ2) is 9.57. The lowest BCUT2D eigenvalue weighted by Gasteiger charge is -2.24. The summed E-state index contributed by atoms with van der Waals surface area (Å²) in [6, 6.07) is 7.73. The number of fused-ring (bicyclic) bond motifs is 1. The lowest BCUT2D eigenvalue weighted by molar-refractivity contribution is -0.117. The van der Waals surface area contributed by atoms with Gasteiger partial charge in [-0.3, -0.25) is 4.79 Å². The van der Waals surface area contributed by atoms with Crippen LogP contribution in [0.3, 0.4) is 0 Å². The van der Waals surface area contributed by atoms with Gasteiger partial charge in [0.1, 0.15) is 5.82 Å². The van der Waals surface area contributed by atoms with Gasteiger partial charge in [0.05, 0.1) is 16.2 Å². The fraction of sp³-hybridized carbons (Fsp3) is 0.545. The Labute approximate surface area is 172 Å². The van der Waals surface area contributed by atoms with Crippen LogP contribution in [0.25, 0.3) is 10.9 Å². The predicted molar refractivity (Wildman–Crippen MR) is 118 cm³/mol. The Hall–Kier alpha value is -1.85. The first-order valence-electron chi connectivity index (χ1n) is 10.4. The summed E-state index contributed by atoms with van der Waals surface area (Å²) in [6.07, 6.45) is 6.61. The molecule has 3 N–H and O–H groups in total. The van der Waals surface area contributed by atoms with E-state index in [-0.39, 0.29) is 11.9 Å². The summed E-state index contributed by atoms with van der Waals surface area (Å²) < 4.78 is 0. The molecule has 6 heteroatoms. The van der Waals surface area contributed by atoms with E-state index in [1.165, 1.54) is 19.3 Å². The van der Waals surface area contributed by atoms with Crippen LogP contribution in [0, 0.1) is 5.92 Å². The van der Waals surface area contributed by atoms with Crippen molar-refractivity contribution in [3.63, 3.8) is 0 Å². The van der Waals surface area contributed by atoms with Gasteiger partial charge in [0.25, 0.3) is 0 Å². The van der Waals surface area contributed by atoms with Crippen molar-refractivity contribution in [2.45, 2.75) is 58.4 Å². The van der Waals surface area contributed by atoms with Crippen LogP contribution in [0.2, 0.25) is 5.02 Å². The number of benzene rings is 1. The van der Waals surface area contributed by atoms with Gasteiger partial charge in [-0.25, -0.2) is 4.98 Å². The lowest BCUT2D eigenvalue weighted by Crippen LogP contribution is -2.36. The van der Waals surface area contributed by atoms with Crippen molar-refractivity contribution in [2.75, 3.05) is 23.3 Å². The standard InChI is InChI=1S/C22H31ClN4O/c1-3-27(14-15(2)24)20-12-9-17-19(25-20)11-10-18(23)22(17)26-21(28)13-16-7-5-4-6-8-16/h9-12,15-16H,3-8,13-14,24H2,1-2H3,(H,26,28). The first-order chi connectivity index (χ1) is 13.5. The maximum Gasteiger partial charge on any atom is 0.224 e. The van der Waals surface area contributed by atoms with E-state index in [1.54, 1.807) is 6.07 Å². The van der Waals surface area contributed by atoms with Gasteiger partial charge in [-0.05, 0) is 56.9 Å². The number of pyridine rings is 1. The van der Waals surface area contributed by atoms with E-state index >= 15 is 0 Å². The van der Waals surface area contributed by atoms with Crippen molar-refractivity contribution < 1.29 is 4.79 Å². The van der Waals surface area contributed by atoms with Crippen LogP contribution in [0.1, 0.15) is 52.4 Å².